The van der Waals surface area contributed by atoms with E-state index in [1.807, 2.05) is 0 Å². The molecular formula is C22H27N9O9P2S. The van der Waals surface area contributed by atoms with E-state index in [2.05, 4.69) is 37.5 Å². The number of primary amides is 1. The minimum atomic E-state index is -4.09. The molecule has 3 aromatic heterocycles. The molecule has 0 bridgehead atoms. The van der Waals surface area contributed by atoms with E-state index < -0.39 is 39.4 Å². The van der Waals surface area contributed by atoms with Crippen molar-refractivity contribution in [3.8, 4) is 0 Å². The van der Waals surface area contributed by atoms with E-state index in [0.29, 0.717) is 29.5 Å². The number of nitrogens with two attached hydrogens (primary N) is 2. The van der Waals surface area contributed by atoms with Crippen LogP contribution in [0.25, 0.3) is 22.2 Å². The number of carbonyl (C=O) groups excluding carboxylic acids is 1. The lowest BCUT2D eigenvalue weighted by Crippen LogP contribution is -2.23. The second-order valence-electron chi connectivity index (χ2n) is 9.83. The van der Waals surface area contributed by atoms with Gasteiger partial charge in [-0.1, -0.05) is 23.5 Å². The van der Waals surface area contributed by atoms with E-state index in [4.69, 9.17) is 34.5 Å². The lowest BCUT2D eigenvalue weighted by molar-refractivity contribution is -0.0509. The zero-order valence-corrected chi connectivity index (χ0v) is 25.0. The van der Waals surface area contributed by atoms with Gasteiger partial charge in [0.2, 0.25) is 0 Å². The molecule has 2 fully saturated rings. The minimum absolute atomic E-state index is 0.00952. The smallest absolute Gasteiger partial charge is 0.382 e. The van der Waals surface area contributed by atoms with Gasteiger partial charge in [0, 0.05) is 6.42 Å². The van der Waals surface area contributed by atoms with E-state index in [1.165, 1.54) is 17.1 Å². The average molecular weight is 656 g/mol. The van der Waals surface area contributed by atoms with Crippen molar-refractivity contribution in [2.75, 3.05) is 18.9 Å². The zero-order chi connectivity index (χ0) is 30.3. The van der Waals surface area contributed by atoms with Crippen LogP contribution in [0.2, 0.25) is 0 Å². The molecule has 0 aliphatic carbocycles. The lowest BCUT2D eigenvalue weighted by atomic mass is 10.1. The number of ether oxygens (including phenoxy) is 2. The summed E-state index contributed by atoms with van der Waals surface area (Å²) in [6.07, 6.45) is 0.915. The molecule has 7 atom stereocenters. The standard InChI is InChI=1S/C22H27N9O9P2S/c23-19-18-21(26-9-25-19)30(10-27-18)16-5-4-11(38-16)7-36-41(33)40-15-6-12(8-37-42(34,35)43)39-22(15)31-14-3-1-2-13(20(24)32)17(14)28-29-31/h1-3,9-12,15-16,22,41H,4-8H2,(H2,24,32)(H2,23,25,26)(H2,34,35,43)/t11-,12-,15+,16+,22+/m0/s1. The van der Waals surface area contributed by atoms with Crippen LogP contribution in [-0.4, -0.2) is 76.8 Å². The van der Waals surface area contributed by atoms with Gasteiger partial charge < -0.3 is 34.9 Å². The number of rotatable bonds is 11. The number of imidazole rings is 1. The molecular weight excluding hydrogens is 628 g/mol. The van der Waals surface area contributed by atoms with Gasteiger partial charge in [-0.2, -0.15) is 0 Å². The second-order valence-corrected chi connectivity index (χ2v) is 13.6. The fourth-order valence-corrected chi connectivity index (χ4v) is 6.50. The van der Waals surface area contributed by atoms with Crippen LogP contribution in [0.1, 0.15) is 42.1 Å². The Balaban J connectivity index is 1.12. The SMILES string of the molecule is NC(=O)c1cccc2c1nnn2[C@@H]1O[C@H](CO[P@](=O)(O)S)C[C@H]1O[PH](=O)OC[C@@H]1CC[C@H](n2cnc3c(N)ncnc32)O1. The van der Waals surface area contributed by atoms with Crippen LogP contribution in [0.15, 0.2) is 30.9 Å². The summed E-state index contributed by atoms with van der Waals surface area (Å²) < 4.78 is 56.0. The van der Waals surface area contributed by atoms with Crippen molar-refractivity contribution in [1.82, 2.24) is 34.5 Å². The summed E-state index contributed by atoms with van der Waals surface area (Å²) >= 11 is 3.52. The first-order chi connectivity index (χ1) is 20.6. The van der Waals surface area contributed by atoms with Gasteiger partial charge in [-0.3, -0.25) is 18.5 Å². The Morgan fingerprint density at radius 2 is 2.02 bits per heavy atom. The molecule has 2 saturated heterocycles. The van der Waals surface area contributed by atoms with Gasteiger partial charge in [0.05, 0.1) is 42.8 Å². The molecule has 5 N–H and O–H groups in total. The van der Waals surface area contributed by atoms with Crippen LogP contribution >= 0.6 is 27.3 Å². The molecule has 21 heteroatoms. The number of hydrogen-bond acceptors (Lipinski definition) is 14. The van der Waals surface area contributed by atoms with Crippen molar-refractivity contribution >= 4 is 61.2 Å². The van der Waals surface area contributed by atoms with E-state index in [0.717, 1.165) is 0 Å². The summed E-state index contributed by atoms with van der Waals surface area (Å²) in [5.41, 5.74) is 13.2. The average Bonchev–Trinajstić information content (AvgIpc) is 3.75. The molecule has 18 nitrogen and oxygen atoms in total. The van der Waals surface area contributed by atoms with Crippen LogP contribution in [-0.2, 0) is 32.2 Å². The molecule has 0 saturated carbocycles. The third-order valence-electron chi connectivity index (χ3n) is 7.00. The highest BCUT2D eigenvalue weighted by Crippen LogP contribution is 2.48. The number of hydrogen-bond donors (Lipinski definition) is 4. The first-order valence-electron chi connectivity index (χ1n) is 13.0. The van der Waals surface area contributed by atoms with Gasteiger partial charge in [0.25, 0.3) is 5.91 Å². The van der Waals surface area contributed by atoms with Crippen molar-refractivity contribution in [2.24, 2.45) is 5.73 Å². The highest BCUT2D eigenvalue weighted by atomic mass is 32.7. The maximum absolute atomic E-state index is 13.0. The molecule has 0 radical (unpaired) electrons. The second kappa shape index (κ2) is 12.2. The Labute approximate surface area is 248 Å². The largest absolute Gasteiger partial charge is 0.383 e. The van der Waals surface area contributed by atoms with Gasteiger partial charge in [0.15, 0.2) is 17.7 Å². The number of aromatic nitrogens is 7. The normalized spacial score (nSPS) is 26.2. The quantitative estimate of drug-likeness (QED) is 0.133. The molecule has 1 aromatic carbocycles. The van der Waals surface area contributed by atoms with Crippen molar-refractivity contribution in [2.45, 2.75) is 50.0 Å². The van der Waals surface area contributed by atoms with Crippen LogP contribution in [0, 0.1) is 0 Å². The number of thiol groups is 1. The van der Waals surface area contributed by atoms with Gasteiger partial charge >= 0.3 is 15.1 Å². The predicted octanol–water partition coefficient (Wildman–Crippen LogP) is 1.76. The monoisotopic (exact) mass is 655 g/mol. The molecule has 230 valence electrons. The van der Waals surface area contributed by atoms with Crippen molar-refractivity contribution in [3.05, 3.63) is 36.4 Å². The van der Waals surface area contributed by atoms with Crippen LogP contribution < -0.4 is 11.5 Å². The van der Waals surface area contributed by atoms with Gasteiger partial charge in [-0.15, -0.1) is 5.10 Å². The highest BCUT2D eigenvalue weighted by molar-refractivity contribution is 8.44. The van der Waals surface area contributed by atoms with E-state index in [-0.39, 0.29) is 48.9 Å². The number of nitrogen functional groups attached to an aromatic ring is 1. The predicted molar refractivity (Wildman–Crippen MR) is 152 cm³/mol. The molecule has 5 heterocycles. The van der Waals surface area contributed by atoms with Gasteiger partial charge in [0.1, 0.15) is 29.7 Å². The number of amides is 1. The summed E-state index contributed by atoms with van der Waals surface area (Å²) in [5, 5.41) is 8.17. The number of carbonyl (C=O) groups is 1. The lowest BCUT2D eigenvalue weighted by Gasteiger charge is -2.20. The topological polar surface area (TPSA) is 244 Å². The van der Waals surface area contributed by atoms with Crippen LogP contribution in [0.5, 0.6) is 0 Å². The summed E-state index contributed by atoms with van der Waals surface area (Å²) in [6, 6.07) is 4.76. The highest BCUT2D eigenvalue weighted by Gasteiger charge is 2.41. The number of benzene rings is 1. The fraction of sp³-hybridized carbons (Fsp3) is 0.455. The molecule has 4 aromatic rings. The molecule has 1 amide bonds. The maximum atomic E-state index is 13.0. The summed E-state index contributed by atoms with van der Waals surface area (Å²) in [6.45, 7) is -4.40. The molecule has 2 aliphatic rings. The summed E-state index contributed by atoms with van der Waals surface area (Å²) in [5.74, 6) is -0.423. The Morgan fingerprint density at radius 3 is 2.81 bits per heavy atom. The fourth-order valence-electron chi connectivity index (χ4n) is 5.09. The third-order valence-corrected chi connectivity index (χ3v) is 8.73. The Kier molecular flexibility index (Phi) is 8.52. The van der Waals surface area contributed by atoms with E-state index >= 15 is 0 Å². The molecule has 0 spiro atoms. The third kappa shape index (κ3) is 6.45. The van der Waals surface area contributed by atoms with Gasteiger partial charge in [-0.05, 0) is 25.0 Å². The maximum Gasteiger partial charge on any atom is 0.383 e. The Morgan fingerprint density at radius 1 is 1.19 bits per heavy atom. The number of fused-ring (bicyclic) bond motifs is 2. The number of nitrogens with zero attached hydrogens (tertiary/aromatic N) is 7. The molecule has 2 aliphatic heterocycles. The zero-order valence-electron chi connectivity index (χ0n) is 22.2. The summed E-state index contributed by atoms with van der Waals surface area (Å²) in [4.78, 5) is 33.7. The minimum Gasteiger partial charge on any atom is -0.382 e. The van der Waals surface area contributed by atoms with Crippen LogP contribution in [0.4, 0.5) is 5.82 Å². The van der Waals surface area contributed by atoms with Crippen LogP contribution in [0.3, 0.4) is 0 Å². The Hall–Kier alpha value is -2.99. The summed E-state index contributed by atoms with van der Waals surface area (Å²) in [7, 11) is -3.09. The molecule has 43 heavy (non-hydrogen) atoms. The first kappa shape index (κ1) is 30.1. The Bertz CT molecular complexity index is 1730. The molecule has 6 rings (SSSR count). The van der Waals surface area contributed by atoms with E-state index in [9.17, 15) is 18.8 Å². The molecule has 1 unspecified atom stereocenters. The van der Waals surface area contributed by atoms with Gasteiger partial charge in [-0.25, -0.2) is 24.2 Å². The van der Waals surface area contributed by atoms with Crippen molar-refractivity contribution in [3.63, 3.8) is 0 Å². The van der Waals surface area contributed by atoms with E-state index in [1.54, 1.807) is 23.0 Å². The number of anilines is 1. The van der Waals surface area contributed by atoms with Crippen molar-refractivity contribution < 1.29 is 41.9 Å². The van der Waals surface area contributed by atoms with Crippen molar-refractivity contribution in [1.29, 1.82) is 0 Å². The first-order valence-corrected chi connectivity index (χ1v) is 16.9.